The van der Waals surface area contributed by atoms with E-state index in [0.717, 1.165) is 61.0 Å². The van der Waals surface area contributed by atoms with Crippen LogP contribution in [0.1, 0.15) is 36.1 Å². The van der Waals surface area contributed by atoms with Crippen molar-refractivity contribution in [3.05, 3.63) is 88.8 Å². The van der Waals surface area contributed by atoms with Crippen molar-refractivity contribution in [2.75, 3.05) is 37.0 Å². The second kappa shape index (κ2) is 10.3. The molecule has 2 aromatic carbocycles. The molecule has 0 saturated carbocycles. The lowest BCUT2D eigenvalue weighted by Crippen LogP contribution is -2.52. The first-order valence-corrected chi connectivity index (χ1v) is 13.2. The van der Waals surface area contributed by atoms with Crippen molar-refractivity contribution in [2.24, 2.45) is 0 Å². The maximum absolute atomic E-state index is 13.6. The molecule has 1 saturated heterocycles. The Bertz CT molecular complexity index is 1450. The lowest BCUT2D eigenvalue weighted by atomic mass is 9.96. The monoisotopic (exact) mass is 533 g/mol. The molecule has 6 rings (SSSR count). The summed E-state index contributed by atoms with van der Waals surface area (Å²) in [4.78, 5) is 11.6. The van der Waals surface area contributed by atoms with Crippen LogP contribution >= 0.6 is 11.6 Å². The number of hydrogen-bond acceptors (Lipinski definition) is 6. The molecule has 0 bridgehead atoms. The van der Waals surface area contributed by atoms with E-state index in [-0.39, 0.29) is 17.8 Å². The predicted octanol–water partition coefficient (Wildman–Crippen LogP) is 6.12. The van der Waals surface area contributed by atoms with Gasteiger partial charge in [0.1, 0.15) is 28.9 Å². The first-order chi connectivity index (χ1) is 18.5. The number of pyridine rings is 1. The molecule has 3 heterocycles. The molecule has 1 N–H and O–H groups in total. The quantitative estimate of drug-likeness (QED) is 0.294. The van der Waals surface area contributed by atoms with Crippen molar-refractivity contribution in [1.82, 2.24) is 14.5 Å². The number of nitrogens with one attached hydrogen (secondary N) is 1. The Kier molecular flexibility index (Phi) is 6.68. The van der Waals surface area contributed by atoms with Crippen LogP contribution in [-0.4, -0.2) is 47.4 Å². The topological polar surface area (TPSA) is 64.4 Å². The first kappa shape index (κ1) is 24.7. The minimum absolute atomic E-state index is 0.123. The van der Waals surface area contributed by atoms with Gasteiger partial charge in [0, 0.05) is 55.3 Å². The zero-order valence-electron chi connectivity index (χ0n) is 21.3. The van der Waals surface area contributed by atoms with E-state index in [1.54, 1.807) is 19.6 Å². The number of halogens is 2. The fourth-order valence-corrected chi connectivity index (χ4v) is 5.58. The van der Waals surface area contributed by atoms with Crippen LogP contribution in [0.15, 0.2) is 61.1 Å². The molecular weight excluding hydrogens is 505 g/mol. The van der Waals surface area contributed by atoms with Crippen molar-refractivity contribution >= 4 is 28.8 Å². The number of aromatic nitrogens is 3. The van der Waals surface area contributed by atoms with Gasteiger partial charge in [-0.2, -0.15) is 0 Å². The molecule has 4 aromatic rings. The predicted molar refractivity (Wildman–Crippen MR) is 147 cm³/mol. The number of hydrogen-bond donors (Lipinski definition) is 1. The fraction of sp³-hybridized carbons (Fsp3) is 0.310. The van der Waals surface area contributed by atoms with Gasteiger partial charge in [0.15, 0.2) is 0 Å². The SMILES string of the molecule is CCOC1CN(c2cc(Nc3ccc(-n4cnc(Cl)c4)c(OC)c3)nc3c2CCC3c2ccc(F)cc2)C1. The van der Waals surface area contributed by atoms with Crippen LogP contribution in [0, 0.1) is 5.82 Å². The van der Waals surface area contributed by atoms with E-state index in [1.165, 1.54) is 23.4 Å². The highest BCUT2D eigenvalue weighted by Gasteiger charge is 2.34. The number of fused-ring (bicyclic) bond motifs is 1. The van der Waals surface area contributed by atoms with Crippen molar-refractivity contribution in [3.63, 3.8) is 0 Å². The molecular formula is C29H29ClFN5O2. The molecule has 2 aromatic heterocycles. The molecule has 196 valence electrons. The molecule has 1 unspecified atom stereocenters. The van der Waals surface area contributed by atoms with Crippen molar-refractivity contribution in [1.29, 1.82) is 0 Å². The number of ether oxygens (including phenoxy) is 2. The van der Waals surface area contributed by atoms with E-state index in [1.807, 2.05) is 41.8 Å². The molecule has 1 aliphatic carbocycles. The maximum Gasteiger partial charge on any atom is 0.147 e. The highest BCUT2D eigenvalue weighted by atomic mass is 35.5. The van der Waals surface area contributed by atoms with E-state index in [4.69, 9.17) is 26.1 Å². The molecule has 9 heteroatoms. The second-order valence-corrected chi connectivity index (χ2v) is 10.0. The van der Waals surface area contributed by atoms with Crippen LogP contribution in [0.5, 0.6) is 5.75 Å². The van der Waals surface area contributed by atoms with Crippen LogP contribution in [0.2, 0.25) is 5.15 Å². The minimum Gasteiger partial charge on any atom is -0.494 e. The van der Waals surface area contributed by atoms with Gasteiger partial charge in [-0.1, -0.05) is 23.7 Å². The standard InChI is InChI=1S/C29H29ClFN5O2/c1-3-38-21-14-35(15-21)25-13-28(34-29-22(9-10-23(25)29)18-4-6-19(31)7-5-18)33-20-8-11-24(26(12-20)37-2)36-16-27(30)32-17-36/h4-8,11-13,16-17,21-22H,3,9-10,14-15H2,1-2H3,(H,33,34). The summed E-state index contributed by atoms with van der Waals surface area (Å²) in [6, 6.07) is 14.8. The van der Waals surface area contributed by atoms with Gasteiger partial charge in [-0.25, -0.2) is 14.4 Å². The third-order valence-electron chi connectivity index (χ3n) is 7.29. The summed E-state index contributed by atoms with van der Waals surface area (Å²) in [6.45, 7) is 4.47. The Hall–Kier alpha value is -3.62. The maximum atomic E-state index is 13.6. The Morgan fingerprint density at radius 3 is 2.63 bits per heavy atom. The molecule has 0 amide bonds. The van der Waals surface area contributed by atoms with Crippen LogP contribution in [0.4, 0.5) is 21.6 Å². The molecule has 38 heavy (non-hydrogen) atoms. The van der Waals surface area contributed by atoms with E-state index < -0.39 is 0 Å². The van der Waals surface area contributed by atoms with E-state index >= 15 is 0 Å². The largest absolute Gasteiger partial charge is 0.494 e. The Morgan fingerprint density at radius 1 is 1.11 bits per heavy atom. The smallest absolute Gasteiger partial charge is 0.147 e. The summed E-state index contributed by atoms with van der Waals surface area (Å²) in [6.07, 6.45) is 5.52. The highest BCUT2D eigenvalue weighted by molar-refractivity contribution is 6.29. The number of anilines is 3. The van der Waals surface area contributed by atoms with Crippen LogP contribution in [-0.2, 0) is 11.2 Å². The molecule has 0 radical (unpaired) electrons. The van der Waals surface area contributed by atoms with Gasteiger partial charge < -0.3 is 24.3 Å². The lowest BCUT2D eigenvalue weighted by molar-refractivity contribution is 0.0430. The molecule has 7 nitrogen and oxygen atoms in total. The van der Waals surface area contributed by atoms with E-state index in [0.29, 0.717) is 10.9 Å². The summed E-state index contributed by atoms with van der Waals surface area (Å²) >= 11 is 6.01. The number of benzene rings is 2. The fourth-order valence-electron chi connectivity index (χ4n) is 5.44. The molecule has 0 spiro atoms. The molecule has 1 atom stereocenters. The van der Waals surface area contributed by atoms with Gasteiger partial charge in [-0.3, -0.25) is 0 Å². The normalized spacial score (nSPS) is 16.8. The van der Waals surface area contributed by atoms with Gasteiger partial charge >= 0.3 is 0 Å². The van der Waals surface area contributed by atoms with Gasteiger partial charge in [0.2, 0.25) is 0 Å². The second-order valence-electron chi connectivity index (χ2n) is 9.63. The first-order valence-electron chi connectivity index (χ1n) is 12.8. The lowest BCUT2D eigenvalue weighted by Gasteiger charge is -2.41. The zero-order valence-corrected chi connectivity index (χ0v) is 22.1. The summed E-state index contributed by atoms with van der Waals surface area (Å²) in [5.74, 6) is 1.33. The Labute approximate surface area is 226 Å². The summed E-state index contributed by atoms with van der Waals surface area (Å²) in [5, 5.41) is 3.91. The summed E-state index contributed by atoms with van der Waals surface area (Å²) in [7, 11) is 1.64. The highest BCUT2D eigenvalue weighted by Crippen LogP contribution is 2.44. The van der Waals surface area contributed by atoms with Gasteiger partial charge in [-0.05, 0) is 55.2 Å². The van der Waals surface area contributed by atoms with Crippen molar-refractivity contribution in [2.45, 2.75) is 31.8 Å². The number of nitrogens with zero attached hydrogens (tertiary/aromatic N) is 4. The van der Waals surface area contributed by atoms with Gasteiger partial charge in [0.05, 0.1) is 24.6 Å². The molecule has 1 aliphatic heterocycles. The minimum atomic E-state index is -0.228. The summed E-state index contributed by atoms with van der Waals surface area (Å²) < 4.78 is 26.9. The number of imidazole rings is 1. The zero-order chi connectivity index (χ0) is 26.2. The summed E-state index contributed by atoms with van der Waals surface area (Å²) in [5.41, 5.74) is 6.27. The van der Waals surface area contributed by atoms with E-state index in [2.05, 4.69) is 21.3 Å². The van der Waals surface area contributed by atoms with Crippen molar-refractivity contribution in [3.8, 4) is 11.4 Å². The third-order valence-corrected chi connectivity index (χ3v) is 7.49. The third kappa shape index (κ3) is 4.70. The van der Waals surface area contributed by atoms with Crippen molar-refractivity contribution < 1.29 is 13.9 Å². The van der Waals surface area contributed by atoms with Crippen LogP contribution < -0.4 is 15.0 Å². The molecule has 2 aliphatic rings. The van der Waals surface area contributed by atoms with Crippen LogP contribution in [0.25, 0.3) is 5.69 Å². The Balaban J connectivity index is 1.34. The Morgan fingerprint density at radius 2 is 1.92 bits per heavy atom. The number of methoxy groups -OCH3 is 1. The van der Waals surface area contributed by atoms with Crippen LogP contribution in [0.3, 0.4) is 0 Å². The van der Waals surface area contributed by atoms with E-state index in [9.17, 15) is 4.39 Å². The van der Waals surface area contributed by atoms with Gasteiger partial charge in [-0.15, -0.1) is 0 Å². The number of rotatable bonds is 8. The molecule has 1 fully saturated rings. The average Bonchev–Trinajstić information content (AvgIpc) is 3.52. The average molecular weight is 534 g/mol. The van der Waals surface area contributed by atoms with Gasteiger partial charge in [0.25, 0.3) is 0 Å².